The number of rotatable bonds is 13. The number of ether oxygens (including phenoxy) is 4. The van der Waals surface area contributed by atoms with Crippen LogP contribution in [-0.2, 0) is 18.0 Å². The van der Waals surface area contributed by atoms with Gasteiger partial charge in [-0.05, 0) is 53.6 Å². The number of phenolic OH excluding ortho intramolecular Hbond substituents is 1. The molecule has 13 heteroatoms. The van der Waals surface area contributed by atoms with Crippen molar-refractivity contribution >= 4 is 28.3 Å². The molecule has 0 amide bonds. The summed E-state index contributed by atoms with van der Waals surface area (Å²) in [6, 6.07) is 34.8. The van der Waals surface area contributed by atoms with E-state index in [9.17, 15) is 30.3 Å². The third-order valence-electron chi connectivity index (χ3n) is 9.21. The average Bonchev–Trinajstić information content (AvgIpc) is 3.19. The highest BCUT2D eigenvalue weighted by Crippen LogP contribution is 2.45. The minimum absolute atomic E-state index is 0.0576. The molecule has 7 rings (SSSR count). The molecule has 12 nitrogen and oxygen atoms in total. The lowest BCUT2D eigenvalue weighted by Gasteiger charge is -2.45. The Hall–Kier alpha value is -5.60. The molecule has 2 heterocycles. The van der Waals surface area contributed by atoms with E-state index in [4.69, 9.17) is 35.0 Å². The fourth-order valence-electron chi connectivity index (χ4n) is 6.24. The van der Waals surface area contributed by atoms with Gasteiger partial charge in [0, 0.05) is 34.8 Å². The topological polar surface area (TPSA) is 180 Å². The number of halogens is 1. The van der Waals surface area contributed by atoms with Gasteiger partial charge in [-0.25, -0.2) is 0 Å². The third kappa shape index (κ3) is 8.55. The van der Waals surface area contributed by atoms with Crippen molar-refractivity contribution in [2.24, 2.45) is 0 Å². The molecule has 6 aromatic rings. The van der Waals surface area contributed by atoms with E-state index in [1.54, 1.807) is 72.8 Å². The Balaban J connectivity index is 1.22. The SMILES string of the molecule is O=c1cc(-c2ccc(OCc3ccccc3)cc2)oc2cc(OC3OC(C(O)Nc4cccc(Cl)c4)CC(O)(CO)C3O)c(OCc3ccccc3)c(O)c12. The van der Waals surface area contributed by atoms with Crippen molar-refractivity contribution in [1.29, 1.82) is 0 Å². The van der Waals surface area contributed by atoms with E-state index < -0.39 is 54.5 Å². The Morgan fingerprint density at radius 2 is 1.55 bits per heavy atom. The van der Waals surface area contributed by atoms with Gasteiger partial charge in [0.25, 0.3) is 0 Å². The molecule has 55 heavy (non-hydrogen) atoms. The van der Waals surface area contributed by atoms with E-state index in [2.05, 4.69) is 5.32 Å². The molecule has 1 aliphatic rings. The quantitative estimate of drug-likeness (QED) is 0.0758. The lowest BCUT2D eigenvalue weighted by Crippen LogP contribution is -2.63. The summed E-state index contributed by atoms with van der Waals surface area (Å²) in [5.74, 6) is -0.332. The van der Waals surface area contributed by atoms with Gasteiger partial charge in [-0.15, -0.1) is 0 Å². The van der Waals surface area contributed by atoms with E-state index in [1.807, 2.05) is 36.4 Å². The molecule has 0 aliphatic carbocycles. The molecule has 0 radical (unpaired) electrons. The van der Waals surface area contributed by atoms with Crippen molar-refractivity contribution in [2.75, 3.05) is 11.9 Å². The van der Waals surface area contributed by atoms with Crippen LogP contribution in [-0.4, -0.2) is 62.5 Å². The van der Waals surface area contributed by atoms with E-state index >= 15 is 0 Å². The number of fused-ring (bicyclic) bond motifs is 1. The van der Waals surface area contributed by atoms with Crippen molar-refractivity contribution in [1.82, 2.24) is 0 Å². The van der Waals surface area contributed by atoms with Crippen LogP contribution in [0.1, 0.15) is 17.5 Å². The molecule has 6 N–H and O–H groups in total. The zero-order valence-electron chi connectivity index (χ0n) is 29.2. The molecular weight excluding hydrogens is 730 g/mol. The summed E-state index contributed by atoms with van der Waals surface area (Å²) < 4.78 is 30.2. The summed E-state index contributed by atoms with van der Waals surface area (Å²) in [6.07, 6.45) is -6.69. The first-order valence-electron chi connectivity index (χ1n) is 17.4. The highest BCUT2D eigenvalue weighted by atomic mass is 35.5. The molecule has 1 fully saturated rings. The minimum Gasteiger partial charge on any atom is -0.504 e. The van der Waals surface area contributed by atoms with Crippen LogP contribution in [0.25, 0.3) is 22.3 Å². The highest BCUT2D eigenvalue weighted by molar-refractivity contribution is 6.30. The molecule has 0 saturated carbocycles. The van der Waals surface area contributed by atoms with Crippen LogP contribution in [0, 0.1) is 0 Å². The van der Waals surface area contributed by atoms with Gasteiger partial charge < -0.3 is 54.2 Å². The zero-order chi connectivity index (χ0) is 38.5. The number of phenols is 1. The second-order valence-corrected chi connectivity index (χ2v) is 13.6. The van der Waals surface area contributed by atoms with Gasteiger partial charge in [0.05, 0.1) is 6.61 Å². The van der Waals surface area contributed by atoms with Gasteiger partial charge in [0.15, 0.2) is 23.2 Å². The number of benzene rings is 5. The number of aliphatic hydroxyl groups is 4. The predicted molar refractivity (Wildman–Crippen MR) is 204 cm³/mol. The van der Waals surface area contributed by atoms with E-state index in [1.165, 1.54) is 12.1 Å². The monoisotopic (exact) mass is 767 g/mol. The van der Waals surface area contributed by atoms with Crippen molar-refractivity contribution in [3.05, 3.63) is 148 Å². The van der Waals surface area contributed by atoms with E-state index in [0.29, 0.717) is 28.6 Å². The van der Waals surface area contributed by atoms with Crippen molar-refractivity contribution < 1.29 is 48.9 Å². The van der Waals surface area contributed by atoms with Crippen LogP contribution in [0.5, 0.6) is 23.0 Å². The fraction of sp³-hybridized carbons (Fsp3) is 0.214. The van der Waals surface area contributed by atoms with Gasteiger partial charge in [0.2, 0.25) is 12.0 Å². The number of hydrogen-bond donors (Lipinski definition) is 6. The summed E-state index contributed by atoms with van der Waals surface area (Å²) in [6.45, 7) is -0.598. The second-order valence-electron chi connectivity index (χ2n) is 13.1. The summed E-state index contributed by atoms with van der Waals surface area (Å²) in [5.41, 5.74) is -0.140. The van der Waals surface area contributed by atoms with Crippen molar-refractivity contribution in [2.45, 2.75) is 50.0 Å². The first-order valence-corrected chi connectivity index (χ1v) is 17.8. The lowest BCUT2D eigenvalue weighted by atomic mass is 9.87. The van der Waals surface area contributed by atoms with Crippen LogP contribution in [0.2, 0.25) is 5.02 Å². The van der Waals surface area contributed by atoms with Gasteiger partial charge in [-0.1, -0.05) is 78.3 Å². The molecule has 0 bridgehead atoms. The molecule has 1 aromatic heterocycles. The predicted octanol–water partition coefficient (Wildman–Crippen LogP) is 5.99. The number of nitrogens with one attached hydrogen (secondary N) is 1. The second kappa shape index (κ2) is 16.4. The molecule has 1 saturated heterocycles. The van der Waals surface area contributed by atoms with Crippen LogP contribution in [0.3, 0.4) is 0 Å². The van der Waals surface area contributed by atoms with Gasteiger partial charge in [-0.2, -0.15) is 0 Å². The maximum Gasteiger partial charge on any atom is 0.229 e. The molecule has 5 unspecified atom stereocenters. The Bertz CT molecular complexity index is 2290. The van der Waals surface area contributed by atoms with E-state index in [-0.39, 0.29) is 34.8 Å². The smallest absolute Gasteiger partial charge is 0.229 e. The Morgan fingerprint density at radius 3 is 2.20 bits per heavy atom. The molecule has 5 atom stereocenters. The highest BCUT2D eigenvalue weighted by Gasteiger charge is 2.51. The standard InChI is InChI=1S/C42H38ClNO11/c43-28-12-7-13-29(18-28)44-40(49)35-21-42(50,24-45)39(48)41(55-35)54-34-20-33-36(37(47)38(34)52-23-26-10-5-2-6-11-26)31(46)19-32(53-33)27-14-16-30(17-15-27)51-22-25-8-3-1-4-9-25/h1-20,35,39-41,44-45,47-50H,21-24H2. The largest absolute Gasteiger partial charge is 0.504 e. The number of aliphatic hydroxyl groups excluding tert-OH is 3. The first kappa shape index (κ1) is 37.7. The minimum atomic E-state index is -2.19. The molecule has 1 aliphatic heterocycles. The van der Waals surface area contributed by atoms with Crippen LogP contribution < -0.4 is 25.0 Å². The summed E-state index contributed by atoms with van der Waals surface area (Å²) in [7, 11) is 0. The van der Waals surface area contributed by atoms with Gasteiger partial charge in [0.1, 0.15) is 53.5 Å². The average molecular weight is 768 g/mol. The fourth-order valence-corrected chi connectivity index (χ4v) is 6.43. The third-order valence-corrected chi connectivity index (χ3v) is 9.44. The number of anilines is 1. The Morgan fingerprint density at radius 1 is 0.873 bits per heavy atom. The van der Waals surface area contributed by atoms with Gasteiger partial charge >= 0.3 is 0 Å². The molecule has 284 valence electrons. The number of hydrogen-bond acceptors (Lipinski definition) is 12. The van der Waals surface area contributed by atoms with E-state index in [0.717, 1.165) is 11.1 Å². The number of aromatic hydroxyl groups is 1. The van der Waals surface area contributed by atoms with Gasteiger partial charge in [-0.3, -0.25) is 4.79 Å². The van der Waals surface area contributed by atoms with Crippen LogP contribution in [0.15, 0.2) is 131 Å². The normalized spacial score (nSPS) is 20.1. The van der Waals surface area contributed by atoms with Crippen molar-refractivity contribution in [3.63, 3.8) is 0 Å². The van der Waals surface area contributed by atoms with Crippen LogP contribution in [0.4, 0.5) is 5.69 Å². The zero-order valence-corrected chi connectivity index (χ0v) is 30.0. The maximum atomic E-state index is 13.6. The Labute approximate surface area is 320 Å². The van der Waals surface area contributed by atoms with Crippen molar-refractivity contribution in [3.8, 4) is 34.3 Å². The maximum absolute atomic E-state index is 13.6. The summed E-state index contributed by atoms with van der Waals surface area (Å²) in [4.78, 5) is 13.6. The summed E-state index contributed by atoms with van der Waals surface area (Å²) in [5, 5.41) is 58.5. The Kier molecular flexibility index (Phi) is 11.3. The summed E-state index contributed by atoms with van der Waals surface area (Å²) >= 11 is 6.10. The van der Waals surface area contributed by atoms with Crippen LogP contribution >= 0.6 is 11.6 Å². The first-order chi connectivity index (χ1) is 26.6. The molecule has 0 spiro atoms. The lowest BCUT2D eigenvalue weighted by molar-refractivity contribution is -0.287. The molecular formula is C42H38ClNO11. The molecule has 5 aromatic carbocycles.